The first-order valence-electron chi connectivity index (χ1n) is 20.2. The van der Waals surface area contributed by atoms with Crippen LogP contribution in [0.15, 0.2) is 95.8 Å². The van der Waals surface area contributed by atoms with E-state index in [1.54, 1.807) is 24.1 Å². The molecule has 6 rings (SSSR count). The number of nitrogens with one attached hydrogen (secondary N) is 4. The molecule has 0 spiro atoms. The minimum atomic E-state index is -0.875. The number of aliphatic hydroxyl groups is 1. The molecule has 1 saturated heterocycles. The molecule has 1 aromatic heterocycles. The second kappa shape index (κ2) is 20.1. The maximum atomic E-state index is 12.9. The normalized spacial score (nSPS) is 13.8. The lowest BCUT2D eigenvalue weighted by atomic mass is 10.0. The zero-order chi connectivity index (χ0) is 41.9. The third kappa shape index (κ3) is 11.6. The molecule has 0 saturated carbocycles. The molecule has 6 N–H and O–H groups in total. The quantitative estimate of drug-likeness (QED) is 0.0641. The summed E-state index contributed by atoms with van der Waals surface area (Å²) in [6, 6.07) is 27.5. The highest BCUT2D eigenvalue weighted by Crippen LogP contribution is 2.30. The van der Waals surface area contributed by atoms with Gasteiger partial charge in [-0.1, -0.05) is 60.7 Å². The van der Waals surface area contributed by atoms with Gasteiger partial charge in [0.25, 0.3) is 0 Å². The van der Waals surface area contributed by atoms with E-state index in [-0.39, 0.29) is 47.7 Å². The second-order valence-electron chi connectivity index (χ2n) is 15.2. The van der Waals surface area contributed by atoms with Gasteiger partial charge in [-0.05, 0) is 85.2 Å². The number of aromatic amines is 1. The number of aromatic hydroxyl groups is 1. The Morgan fingerprint density at radius 1 is 0.898 bits per heavy atom. The molecule has 0 radical (unpaired) electrons. The van der Waals surface area contributed by atoms with Crippen molar-refractivity contribution in [3.63, 3.8) is 0 Å². The molecule has 2 heterocycles. The van der Waals surface area contributed by atoms with Crippen molar-refractivity contribution in [3.05, 3.63) is 124 Å². The van der Waals surface area contributed by atoms with E-state index in [9.17, 15) is 29.4 Å². The van der Waals surface area contributed by atoms with Gasteiger partial charge in [0.15, 0.2) is 0 Å². The number of hydrogen-bond acceptors (Lipinski definition) is 9. The lowest BCUT2D eigenvalue weighted by Gasteiger charge is -2.31. The van der Waals surface area contributed by atoms with Crippen LogP contribution in [0.4, 0.5) is 16.2 Å². The van der Waals surface area contributed by atoms with Crippen molar-refractivity contribution >= 4 is 40.2 Å². The number of H-pyrrole nitrogens is 1. The summed E-state index contributed by atoms with van der Waals surface area (Å²) in [5.74, 6) is -0.156. The molecule has 0 unspecified atom stereocenters. The molecule has 1 fully saturated rings. The van der Waals surface area contributed by atoms with E-state index < -0.39 is 12.2 Å². The van der Waals surface area contributed by atoms with Gasteiger partial charge in [-0.25, -0.2) is 4.79 Å². The van der Waals surface area contributed by atoms with Crippen LogP contribution in [0.25, 0.3) is 22.0 Å². The van der Waals surface area contributed by atoms with E-state index in [0.717, 1.165) is 46.6 Å². The number of para-hydroxylation sites is 1. The number of carbonyl (C=O) groups excluding carboxylic acids is 3. The third-order valence-electron chi connectivity index (χ3n) is 10.9. The maximum Gasteiger partial charge on any atom is 0.411 e. The fourth-order valence-electron chi connectivity index (χ4n) is 7.47. The van der Waals surface area contributed by atoms with Gasteiger partial charge < -0.3 is 40.4 Å². The number of fused-ring (bicyclic) bond motifs is 1. The van der Waals surface area contributed by atoms with Crippen LogP contribution in [0.2, 0.25) is 0 Å². The largest absolute Gasteiger partial charge is 0.506 e. The van der Waals surface area contributed by atoms with Crippen LogP contribution in [-0.4, -0.2) is 88.8 Å². The Balaban J connectivity index is 0.863. The average Bonchev–Trinajstić information content (AvgIpc) is 3.22. The summed E-state index contributed by atoms with van der Waals surface area (Å²) in [4.78, 5) is 56.8. The fourth-order valence-corrected chi connectivity index (χ4v) is 7.47. The molecule has 0 aliphatic carbocycles. The second-order valence-corrected chi connectivity index (χ2v) is 15.2. The van der Waals surface area contributed by atoms with Crippen molar-refractivity contribution in [2.45, 2.75) is 64.7 Å². The highest BCUT2D eigenvalue weighted by atomic mass is 16.6. The highest BCUT2D eigenvalue weighted by molar-refractivity contribution is 5.92. The number of hydrogen-bond donors (Lipinski definition) is 6. The number of likely N-dealkylation sites (tertiary alicyclic amines) is 1. The van der Waals surface area contributed by atoms with Crippen LogP contribution in [0, 0.1) is 13.8 Å². The number of aromatic nitrogens is 1. The van der Waals surface area contributed by atoms with E-state index in [1.807, 2.05) is 80.6 Å². The van der Waals surface area contributed by atoms with Crippen LogP contribution in [-0.2, 0) is 20.9 Å². The number of aliphatic hydroxyl groups excluding tert-OH is 1. The Morgan fingerprint density at radius 2 is 1.64 bits per heavy atom. The molecule has 0 bridgehead atoms. The number of pyridine rings is 1. The molecule has 13 heteroatoms. The molecule has 4 aromatic carbocycles. The monoisotopic (exact) mass is 802 g/mol. The SMILES string of the molecule is Cc1cc(NC(=O)CCCN(C)C(=O)CCN2CCC(OC(=O)Nc3ccccc3-c3ccccc3)CC2)c(C)cc1CNC[C@@H](O)c1ccc(O)c2[nH]c(=O)ccc12. The van der Waals surface area contributed by atoms with Crippen molar-refractivity contribution in [2.75, 3.05) is 50.4 Å². The maximum absolute atomic E-state index is 12.9. The number of phenolic OH excluding ortho intramolecular Hbond substituents is 1. The van der Waals surface area contributed by atoms with Gasteiger partial charge in [-0.3, -0.25) is 19.7 Å². The summed E-state index contributed by atoms with van der Waals surface area (Å²) >= 11 is 0. The van der Waals surface area contributed by atoms with Crippen LogP contribution in [0.5, 0.6) is 5.75 Å². The Hall–Kier alpha value is -6.02. The lowest BCUT2D eigenvalue weighted by molar-refractivity contribution is -0.130. The number of aryl methyl sites for hydroxylation is 2. The molecule has 13 nitrogen and oxygen atoms in total. The summed E-state index contributed by atoms with van der Waals surface area (Å²) in [5.41, 5.74) is 6.82. The third-order valence-corrected chi connectivity index (χ3v) is 10.9. The standard InChI is InChI=1S/C46H54N6O7/c1-30-27-39(31(2)26-33(30)28-47-29-41(54)36-15-17-40(53)45-37(36)16-18-43(56)50-45)48-42(55)14-9-22-51(3)44(57)21-25-52-23-19-34(20-24-52)59-46(58)49-38-13-8-7-12-35(38)32-10-5-4-6-11-32/h4-8,10-13,15-18,26-27,34,41,47,53-54H,9,14,19-25,28-29H2,1-3H3,(H,48,55)(H,49,58)(H,50,56)/t41-/m1/s1. The number of phenols is 1. The highest BCUT2D eigenvalue weighted by Gasteiger charge is 2.24. The number of nitrogens with zero attached hydrogens (tertiary/aromatic N) is 2. The molecule has 5 aromatic rings. The first-order chi connectivity index (χ1) is 28.4. The molecule has 1 atom stereocenters. The number of amides is 3. The average molecular weight is 803 g/mol. The number of piperidine rings is 1. The van der Waals surface area contributed by atoms with E-state index in [0.29, 0.717) is 62.0 Å². The number of anilines is 2. The fraction of sp³-hybridized carbons (Fsp3) is 0.348. The Bertz CT molecular complexity index is 2310. The zero-order valence-electron chi connectivity index (χ0n) is 33.9. The van der Waals surface area contributed by atoms with Crippen molar-refractivity contribution in [2.24, 2.45) is 0 Å². The molecule has 1 aliphatic rings. The number of benzene rings is 4. The smallest absolute Gasteiger partial charge is 0.411 e. The van der Waals surface area contributed by atoms with E-state index in [4.69, 9.17) is 4.74 Å². The van der Waals surface area contributed by atoms with Crippen LogP contribution >= 0.6 is 0 Å². The van der Waals surface area contributed by atoms with Gasteiger partial charge in [0.2, 0.25) is 17.4 Å². The van der Waals surface area contributed by atoms with E-state index in [1.165, 1.54) is 12.1 Å². The number of rotatable bonds is 16. The van der Waals surface area contributed by atoms with Crippen molar-refractivity contribution in [3.8, 4) is 16.9 Å². The van der Waals surface area contributed by atoms with Crippen molar-refractivity contribution < 1.29 is 29.3 Å². The molecule has 1 aliphatic heterocycles. The molecular weight excluding hydrogens is 749 g/mol. The number of carbonyl (C=O) groups is 3. The van der Waals surface area contributed by atoms with E-state index in [2.05, 4.69) is 25.8 Å². The minimum absolute atomic E-state index is 0.0242. The Morgan fingerprint density at radius 3 is 2.42 bits per heavy atom. The molecule has 310 valence electrons. The molecule has 59 heavy (non-hydrogen) atoms. The Kier molecular flexibility index (Phi) is 14.5. The summed E-state index contributed by atoms with van der Waals surface area (Å²) in [6.45, 7) is 7.20. The van der Waals surface area contributed by atoms with Crippen molar-refractivity contribution in [1.82, 2.24) is 20.1 Å². The van der Waals surface area contributed by atoms with Crippen molar-refractivity contribution in [1.29, 1.82) is 0 Å². The Labute approximate surface area is 344 Å². The van der Waals surface area contributed by atoms with Gasteiger partial charge in [0.1, 0.15) is 11.9 Å². The van der Waals surface area contributed by atoms with Gasteiger partial charge >= 0.3 is 6.09 Å². The predicted octanol–water partition coefficient (Wildman–Crippen LogP) is 6.62. The van der Waals surface area contributed by atoms with Crippen LogP contribution in [0.3, 0.4) is 0 Å². The summed E-state index contributed by atoms with van der Waals surface area (Å²) in [5, 5.41) is 30.9. The first kappa shape index (κ1) is 42.6. The summed E-state index contributed by atoms with van der Waals surface area (Å²) in [6.07, 6.45) is 1.03. The zero-order valence-corrected chi connectivity index (χ0v) is 33.9. The number of ether oxygens (including phenoxy) is 1. The molecule has 3 amide bonds. The van der Waals surface area contributed by atoms with Crippen LogP contribution in [0.1, 0.15) is 60.5 Å². The van der Waals surface area contributed by atoms with Gasteiger partial charge in [-0.2, -0.15) is 0 Å². The van der Waals surface area contributed by atoms with Gasteiger partial charge in [0, 0.05) is 81.9 Å². The minimum Gasteiger partial charge on any atom is -0.506 e. The summed E-state index contributed by atoms with van der Waals surface area (Å²) < 4.78 is 5.76. The predicted molar refractivity (Wildman–Crippen MR) is 230 cm³/mol. The molecular formula is C46H54N6O7. The van der Waals surface area contributed by atoms with Crippen LogP contribution < -0.4 is 21.5 Å². The summed E-state index contributed by atoms with van der Waals surface area (Å²) in [7, 11) is 1.77. The van der Waals surface area contributed by atoms with Gasteiger partial charge in [-0.15, -0.1) is 0 Å². The topological polar surface area (TPSA) is 176 Å². The lowest BCUT2D eigenvalue weighted by Crippen LogP contribution is -2.40. The van der Waals surface area contributed by atoms with Gasteiger partial charge in [0.05, 0.1) is 17.3 Å². The van der Waals surface area contributed by atoms with E-state index >= 15 is 0 Å². The first-order valence-corrected chi connectivity index (χ1v) is 20.2.